The molecule has 0 aliphatic carbocycles. The van der Waals surface area contributed by atoms with Crippen LogP contribution >= 0.6 is 0 Å². The third-order valence-corrected chi connectivity index (χ3v) is 8.83. The van der Waals surface area contributed by atoms with Crippen molar-refractivity contribution in [3.8, 4) is 0 Å². The Labute approximate surface area is 258 Å². The van der Waals surface area contributed by atoms with Crippen molar-refractivity contribution in [1.82, 2.24) is 20.9 Å². The first-order chi connectivity index (χ1) is 20.4. The minimum atomic E-state index is -0.885. The molecule has 43 heavy (non-hydrogen) atoms. The van der Waals surface area contributed by atoms with Crippen molar-refractivity contribution in [2.75, 3.05) is 13.1 Å². The van der Waals surface area contributed by atoms with Gasteiger partial charge in [-0.3, -0.25) is 24.0 Å². The van der Waals surface area contributed by atoms with E-state index in [0.29, 0.717) is 19.5 Å². The molecule has 9 nitrogen and oxygen atoms in total. The lowest BCUT2D eigenvalue weighted by molar-refractivity contribution is -0.141. The zero-order chi connectivity index (χ0) is 32.1. The number of Topliss-reactive ketones (excluding diaryl/α,β-unsaturated/α-hetero) is 1. The van der Waals surface area contributed by atoms with Crippen LogP contribution in [-0.2, 0) is 30.4 Å². The molecule has 6 atom stereocenters. The molecular weight excluding hydrogens is 544 g/mol. The number of nitrogens with zero attached hydrogens (tertiary/aromatic N) is 1. The van der Waals surface area contributed by atoms with E-state index in [1.807, 2.05) is 76.8 Å². The van der Waals surface area contributed by atoms with Crippen molar-refractivity contribution in [3.05, 3.63) is 35.9 Å². The van der Waals surface area contributed by atoms with Gasteiger partial charge in [-0.2, -0.15) is 0 Å². The van der Waals surface area contributed by atoms with Gasteiger partial charge < -0.3 is 20.9 Å². The molecule has 4 amide bonds. The zero-order valence-corrected chi connectivity index (χ0v) is 27.3. The van der Waals surface area contributed by atoms with Crippen molar-refractivity contribution in [2.24, 2.45) is 23.7 Å². The second-order valence-corrected chi connectivity index (χ2v) is 12.6. The Morgan fingerprint density at radius 1 is 0.767 bits per heavy atom. The molecule has 3 N–H and O–H groups in total. The summed E-state index contributed by atoms with van der Waals surface area (Å²) in [6, 6.07) is 7.07. The van der Waals surface area contributed by atoms with E-state index in [4.69, 9.17) is 0 Å². The average Bonchev–Trinajstić information content (AvgIpc) is 3.00. The quantitative estimate of drug-likeness (QED) is 0.265. The van der Waals surface area contributed by atoms with Crippen molar-refractivity contribution >= 4 is 29.4 Å². The van der Waals surface area contributed by atoms with Gasteiger partial charge in [-0.15, -0.1) is 0 Å². The SMILES string of the molecule is CC[C@H](C)[C@H](CC(=O)[C@H](Cc1ccccc1)NC(=O)[C@@H](NC(C)=O)C(C)C)C(=O)N[C@H](C(=O)N1CCCCC1)[C@@H](C)CC. The van der Waals surface area contributed by atoms with E-state index < -0.39 is 30.0 Å². The molecular formula is C34H54N4O5. The van der Waals surface area contributed by atoms with Gasteiger partial charge in [-0.05, 0) is 49.0 Å². The van der Waals surface area contributed by atoms with E-state index in [1.165, 1.54) is 6.92 Å². The summed E-state index contributed by atoms with van der Waals surface area (Å²) in [4.78, 5) is 68.2. The third kappa shape index (κ3) is 11.1. The van der Waals surface area contributed by atoms with E-state index >= 15 is 0 Å². The molecule has 1 fully saturated rings. The van der Waals surface area contributed by atoms with Crippen LogP contribution in [0.3, 0.4) is 0 Å². The summed E-state index contributed by atoms with van der Waals surface area (Å²) in [6.45, 7) is 14.3. The number of piperidine rings is 1. The first-order valence-electron chi connectivity index (χ1n) is 16.1. The lowest BCUT2D eigenvalue weighted by atomic mass is 9.83. The molecule has 0 saturated carbocycles. The van der Waals surface area contributed by atoms with Crippen molar-refractivity contribution < 1.29 is 24.0 Å². The first-order valence-corrected chi connectivity index (χ1v) is 16.1. The number of hydrogen-bond acceptors (Lipinski definition) is 5. The highest BCUT2D eigenvalue weighted by molar-refractivity contribution is 5.95. The van der Waals surface area contributed by atoms with Crippen LogP contribution in [0, 0.1) is 23.7 Å². The smallest absolute Gasteiger partial charge is 0.245 e. The standard InChI is InChI=1S/C34H54N4O5/c1-8-23(5)27(32(41)37-31(24(6)9-2)34(43)38-18-14-11-15-19-38)21-29(40)28(20-26-16-12-10-13-17-26)36-33(42)30(22(3)4)35-25(7)39/h10,12-13,16-17,22-24,27-28,30-31H,8-9,11,14-15,18-21H2,1-7H3,(H,35,39)(H,36,42)(H,37,41)/t23-,24-,27-,28-,30-,31-/m0/s1. The van der Waals surface area contributed by atoms with Crippen molar-refractivity contribution in [1.29, 1.82) is 0 Å². The summed E-state index contributed by atoms with van der Waals surface area (Å²) in [6.07, 6.45) is 4.62. The normalized spacial score (nSPS) is 17.6. The Hall–Kier alpha value is -3.23. The maximum atomic E-state index is 13.9. The number of rotatable bonds is 16. The molecule has 1 aliphatic heterocycles. The second-order valence-electron chi connectivity index (χ2n) is 12.6. The van der Waals surface area contributed by atoms with E-state index in [2.05, 4.69) is 16.0 Å². The molecule has 0 aromatic heterocycles. The van der Waals surface area contributed by atoms with Crippen LogP contribution < -0.4 is 16.0 Å². The summed E-state index contributed by atoms with van der Waals surface area (Å²) in [7, 11) is 0. The minimum absolute atomic E-state index is 0.0523. The number of amides is 4. The van der Waals surface area contributed by atoms with Crippen LogP contribution in [0.25, 0.3) is 0 Å². The second kappa shape index (κ2) is 17.8. The van der Waals surface area contributed by atoms with Crippen LogP contribution in [0.4, 0.5) is 0 Å². The van der Waals surface area contributed by atoms with E-state index in [9.17, 15) is 24.0 Å². The van der Waals surface area contributed by atoms with Gasteiger partial charge in [0.05, 0.1) is 6.04 Å². The topological polar surface area (TPSA) is 125 Å². The van der Waals surface area contributed by atoms with Gasteiger partial charge in [-0.1, -0.05) is 84.7 Å². The van der Waals surface area contributed by atoms with Gasteiger partial charge >= 0.3 is 0 Å². The largest absolute Gasteiger partial charge is 0.344 e. The van der Waals surface area contributed by atoms with E-state index in [1.54, 1.807) is 0 Å². The highest BCUT2D eigenvalue weighted by atomic mass is 16.2. The van der Waals surface area contributed by atoms with Gasteiger partial charge in [0.25, 0.3) is 0 Å². The molecule has 0 radical (unpaired) electrons. The minimum Gasteiger partial charge on any atom is -0.344 e. The van der Waals surface area contributed by atoms with Crippen LogP contribution in [0.2, 0.25) is 0 Å². The van der Waals surface area contributed by atoms with Crippen LogP contribution in [0.5, 0.6) is 0 Å². The Morgan fingerprint density at radius 3 is 1.91 bits per heavy atom. The maximum Gasteiger partial charge on any atom is 0.245 e. The van der Waals surface area contributed by atoms with Crippen molar-refractivity contribution in [2.45, 2.75) is 112 Å². The molecule has 240 valence electrons. The number of nitrogens with one attached hydrogen (secondary N) is 3. The Morgan fingerprint density at radius 2 is 1.37 bits per heavy atom. The fraction of sp³-hybridized carbons (Fsp3) is 0.676. The summed E-state index contributed by atoms with van der Waals surface area (Å²) in [5.74, 6) is -2.41. The Bertz CT molecular complexity index is 1070. The summed E-state index contributed by atoms with van der Waals surface area (Å²) >= 11 is 0. The molecule has 1 aliphatic rings. The van der Waals surface area contributed by atoms with Gasteiger partial charge in [0.1, 0.15) is 12.1 Å². The number of likely N-dealkylation sites (tertiary alicyclic amines) is 1. The highest BCUT2D eigenvalue weighted by Crippen LogP contribution is 2.23. The number of carbonyl (C=O) groups is 5. The third-order valence-electron chi connectivity index (χ3n) is 8.83. The summed E-state index contributed by atoms with van der Waals surface area (Å²) in [5, 5.41) is 8.63. The Kier molecular flexibility index (Phi) is 14.9. The zero-order valence-electron chi connectivity index (χ0n) is 27.3. The fourth-order valence-electron chi connectivity index (χ4n) is 5.56. The van der Waals surface area contributed by atoms with Crippen LogP contribution in [0.1, 0.15) is 92.6 Å². The number of benzene rings is 1. The van der Waals surface area contributed by atoms with Gasteiger partial charge in [0, 0.05) is 32.4 Å². The van der Waals surface area contributed by atoms with Gasteiger partial charge in [0.2, 0.25) is 23.6 Å². The molecule has 1 aromatic carbocycles. The van der Waals surface area contributed by atoms with E-state index in [0.717, 1.165) is 31.2 Å². The lowest BCUT2D eigenvalue weighted by Crippen LogP contribution is -2.55. The summed E-state index contributed by atoms with van der Waals surface area (Å²) < 4.78 is 0. The molecule has 1 aromatic rings. The van der Waals surface area contributed by atoms with Gasteiger partial charge in [-0.25, -0.2) is 0 Å². The monoisotopic (exact) mass is 598 g/mol. The molecule has 9 heteroatoms. The highest BCUT2D eigenvalue weighted by Gasteiger charge is 2.36. The molecule has 1 saturated heterocycles. The molecule has 0 spiro atoms. The molecule has 0 unspecified atom stereocenters. The summed E-state index contributed by atoms with van der Waals surface area (Å²) in [5.41, 5.74) is 0.871. The predicted octanol–water partition coefficient (Wildman–Crippen LogP) is 4.04. The van der Waals surface area contributed by atoms with Crippen LogP contribution in [-0.4, -0.2) is 65.5 Å². The van der Waals surface area contributed by atoms with Crippen molar-refractivity contribution in [3.63, 3.8) is 0 Å². The fourth-order valence-corrected chi connectivity index (χ4v) is 5.56. The maximum absolute atomic E-state index is 13.9. The van der Waals surface area contributed by atoms with Crippen LogP contribution in [0.15, 0.2) is 30.3 Å². The number of ketones is 1. The average molecular weight is 599 g/mol. The molecule has 0 bridgehead atoms. The molecule has 2 rings (SSSR count). The molecule has 1 heterocycles. The number of hydrogen-bond donors (Lipinski definition) is 3. The predicted molar refractivity (Wildman–Crippen MR) is 169 cm³/mol. The van der Waals surface area contributed by atoms with Gasteiger partial charge in [0.15, 0.2) is 5.78 Å². The lowest BCUT2D eigenvalue weighted by Gasteiger charge is -2.34. The van der Waals surface area contributed by atoms with E-state index in [-0.39, 0.29) is 54.1 Å². The first kappa shape index (κ1) is 36.0. The number of carbonyl (C=O) groups excluding carboxylic acids is 5. The Balaban J connectivity index is 2.31.